The number of benzene rings is 1. The van der Waals surface area contributed by atoms with Gasteiger partial charge in [-0.15, -0.1) is 0 Å². The van der Waals surface area contributed by atoms with Crippen molar-refractivity contribution in [2.45, 2.75) is 31.7 Å². The molecule has 0 unspecified atom stereocenters. The van der Waals surface area contributed by atoms with Crippen molar-refractivity contribution in [1.29, 1.82) is 0 Å². The SMILES string of the molecule is NC(CCN(C(=O)Cc1cccc(F)c1)C1CC1)=NO. The molecule has 108 valence electrons. The number of amides is 1. The smallest absolute Gasteiger partial charge is 0.227 e. The van der Waals surface area contributed by atoms with E-state index in [1.807, 2.05) is 0 Å². The van der Waals surface area contributed by atoms with Crippen LogP contribution in [0.1, 0.15) is 24.8 Å². The van der Waals surface area contributed by atoms with Crippen molar-refractivity contribution >= 4 is 11.7 Å². The van der Waals surface area contributed by atoms with Crippen LogP contribution in [0.5, 0.6) is 0 Å². The van der Waals surface area contributed by atoms with Gasteiger partial charge in [-0.2, -0.15) is 0 Å². The Morgan fingerprint density at radius 2 is 2.25 bits per heavy atom. The van der Waals surface area contributed by atoms with Crippen molar-refractivity contribution in [2.24, 2.45) is 10.9 Å². The van der Waals surface area contributed by atoms with Gasteiger partial charge in [-0.25, -0.2) is 4.39 Å². The lowest BCUT2D eigenvalue weighted by Gasteiger charge is -2.22. The van der Waals surface area contributed by atoms with Crippen LogP contribution in [0.3, 0.4) is 0 Å². The summed E-state index contributed by atoms with van der Waals surface area (Å²) in [6.07, 6.45) is 2.46. The number of carbonyl (C=O) groups excluding carboxylic acids is 1. The fraction of sp³-hybridized carbons (Fsp3) is 0.429. The molecule has 1 saturated carbocycles. The van der Waals surface area contributed by atoms with Crippen molar-refractivity contribution in [2.75, 3.05) is 6.54 Å². The van der Waals surface area contributed by atoms with E-state index < -0.39 is 0 Å². The van der Waals surface area contributed by atoms with Gasteiger partial charge in [0.2, 0.25) is 5.91 Å². The first kappa shape index (κ1) is 14.3. The maximum Gasteiger partial charge on any atom is 0.227 e. The summed E-state index contributed by atoms with van der Waals surface area (Å²) in [5, 5.41) is 11.4. The topological polar surface area (TPSA) is 78.9 Å². The molecule has 1 aromatic carbocycles. The summed E-state index contributed by atoms with van der Waals surface area (Å²) in [5.74, 6) is -0.289. The van der Waals surface area contributed by atoms with Gasteiger partial charge in [0.15, 0.2) is 0 Å². The molecule has 0 aliphatic heterocycles. The average Bonchev–Trinajstić information content (AvgIpc) is 3.23. The summed E-state index contributed by atoms with van der Waals surface area (Å²) < 4.78 is 13.1. The first-order valence-electron chi connectivity index (χ1n) is 6.60. The van der Waals surface area contributed by atoms with Gasteiger partial charge < -0.3 is 15.8 Å². The second-order valence-corrected chi connectivity index (χ2v) is 4.97. The zero-order valence-electron chi connectivity index (χ0n) is 11.1. The predicted molar refractivity (Wildman–Crippen MR) is 72.9 cm³/mol. The van der Waals surface area contributed by atoms with Crippen LogP contribution in [-0.2, 0) is 11.2 Å². The number of hydrogen-bond donors (Lipinski definition) is 2. The molecule has 6 heteroatoms. The lowest BCUT2D eigenvalue weighted by molar-refractivity contribution is -0.130. The Bertz CT molecular complexity index is 515. The van der Waals surface area contributed by atoms with Crippen molar-refractivity contribution in [3.8, 4) is 0 Å². The minimum absolute atomic E-state index is 0.0520. The van der Waals surface area contributed by atoms with E-state index in [1.165, 1.54) is 12.1 Å². The lowest BCUT2D eigenvalue weighted by Crippen LogP contribution is -2.36. The summed E-state index contributed by atoms with van der Waals surface area (Å²) in [7, 11) is 0. The molecular weight excluding hydrogens is 261 g/mol. The number of hydrogen-bond acceptors (Lipinski definition) is 3. The Labute approximate surface area is 116 Å². The number of nitrogens with zero attached hydrogens (tertiary/aromatic N) is 2. The zero-order chi connectivity index (χ0) is 14.5. The largest absolute Gasteiger partial charge is 0.409 e. The molecule has 0 spiro atoms. The summed E-state index contributed by atoms with van der Waals surface area (Å²) in [6, 6.07) is 6.28. The van der Waals surface area contributed by atoms with Gasteiger partial charge >= 0.3 is 0 Å². The van der Waals surface area contributed by atoms with Gasteiger partial charge in [0.1, 0.15) is 11.7 Å². The second kappa shape index (κ2) is 6.36. The van der Waals surface area contributed by atoms with E-state index in [0.29, 0.717) is 18.5 Å². The third-order valence-electron chi connectivity index (χ3n) is 3.29. The van der Waals surface area contributed by atoms with E-state index in [2.05, 4.69) is 5.16 Å². The minimum Gasteiger partial charge on any atom is -0.409 e. The quantitative estimate of drug-likeness (QED) is 0.358. The van der Waals surface area contributed by atoms with Crippen molar-refractivity contribution in [3.63, 3.8) is 0 Å². The molecular formula is C14H18FN3O2. The number of oxime groups is 1. The van der Waals surface area contributed by atoms with Crippen molar-refractivity contribution in [3.05, 3.63) is 35.6 Å². The van der Waals surface area contributed by atoms with E-state index in [4.69, 9.17) is 10.9 Å². The Hall–Kier alpha value is -2.11. The normalized spacial score (nSPS) is 15.2. The standard InChI is InChI=1S/C14H18FN3O2/c15-11-3-1-2-10(8-11)9-14(19)18(12-4-5-12)7-6-13(16)17-20/h1-3,8,12,20H,4-7,9H2,(H2,16,17). The molecule has 3 N–H and O–H groups in total. The van der Waals surface area contributed by atoms with Crippen LogP contribution < -0.4 is 5.73 Å². The monoisotopic (exact) mass is 279 g/mol. The molecule has 2 rings (SSSR count). The highest BCUT2D eigenvalue weighted by Crippen LogP contribution is 2.27. The molecule has 1 fully saturated rings. The maximum atomic E-state index is 13.1. The predicted octanol–water partition coefficient (Wildman–Crippen LogP) is 1.50. The van der Waals surface area contributed by atoms with Crippen LogP contribution in [0, 0.1) is 5.82 Å². The summed E-state index contributed by atoms with van der Waals surface area (Å²) in [4.78, 5) is 14.0. The van der Waals surface area contributed by atoms with Crippen molar-refractivity contribution in [1.82, 2.24) is 4.90 Å². The van der Waals surface area contributed by atoms with E-state index in [0.717, 1.165) is 12.8 Å². The molecule has 0 atom stereocenters. The van der Waals surface area contributed by atoms with E-state index in [-0.39, 0.29) is 30.0 Å². The van der Waals surface area contributed by atoms with Gasteiger partial charge in [-0.05, 0) is 30.5 Å². The highest BCUT2D eigenvalue weighted by Gasteiger charge is 2.32. The van der Waals surface area contributed by atoms with Crippen LogP contribution in [0.15, 0.2) is 29.4 Å². The summed E-state index contributed by atoms with van der Waals surface area (Å²) in [5.41, 5.74) is 6.08. The maximum absolute atomic E-state index is 13.1. The summed E-state index contributed by atoms with van der Waals surface area (Å²) in [6.45, 7) is 0.425. The Morgan fingerprint density at radius 1 is 1.50 bits per heavy atom. The second-order valence-electron chi connectivity index (χ2n) is 4.97. The van der Waals surface area contributed by atoms with Crippen LogP contribution in [-0.4, -0.2) is 34.4 Å². The van der Waals surface area contributed by atoms with Crippen LogP contribution in [0.25, 0.3) is 0 Å². The summed E-state index contributed by atoms with van der Waals surface area (Å²) >= 11 is 0. The molecule has 0 heterocycles. The molecule has 1 amide bonds. The molecule has 1 aliphatic rings. The van der Waals surface area contributed by atoms with E-state index in [9.17, 15) is 9.18 Å². The van der Waals surface area contributed by atoms with Gasteiger partial charge in [0.25, 0.3) is 0 Å². The van der Waals surface area contributed by atoms with Crippen molar-refractivity contribution < 1.29 is 14.4 Å². The third kappa shape index (κ3) is 3.94. The molecule has 5 nitrogen and oxygen atoms in total. The van der Waals surface area contributed by atoms with Crippen LogP contribution in [0.2, 0.25) is 0 Å². The van der Waals surface area contributed by atoms with Crippen LogP contribution >= 0.6 is 0 Å². The number of halogens is 1. The third-order valence-corrected chi connectivity index (χ3v) is 3.29. The average molecular weight is 279 g/mol. The molecule has 1 aliphatic carbocycles. The molecule has 0 radical (unpaired) electrons. The van der Waals surface area contributed by atoms with E-state index >= 15 is 0 Å². The molecule has 1 aromatic rings. The Kier molecular flexibility index (Phi) is 4.55. The van der Waals surface area contributed by atoms with Gasteiger partial charge in [-0.1, -0.05) is 17.3 Å². The number of carbonyl (C=O) groups is 1. The highest BCUT2D eigenvalue weighted by molar-refractivity contribution is 5.82. The minimum atomic E-state index is -0.343. The molecule has 0 aromatic heterocycles. The highest BCUT2D eigenvalue weighted by atomic mass is 19.1. The fourth-order valence-electron chi connectivity index (χ4n) is 2.11. The molecule has 0 saturated heterocycles. The van der Waals surface area contributed by atoms with E-state index in [1.54, 1.807) is 17.0 Å². The lowest BCUT2D eigenvalue weighted by atomic mass is 10.1. The number of rotatable bonds is 6. The Morgan fingerprint density at radius 3 is 2.85 bits per heavy atom. The Balaban J connectivity index is 1.96. The first-order valence-corrected chi connectivity index (χ1v) is 6.60. The fourth-order valence-corrected chi connectivity index (χ4v) is 2.11. The zero-order valence-corrected chi connectivity index (χ0v) is 11.1. The molecule has 20 heavy (non-hydrogen) atoms. The van der Waals surface area contributed by atoms with Gasteiger partial charge in [0, 0.05) is 19.0 Å². The van der Waals surface area contributed by atoms with Gasteiger partial charge in [0.05, 0.1) is 6.42 Å². The van der Waals surface area contributed by atoms with Gasteiger partial charge in [-0.3, -0.25) is 4.79 Å². The molecule has 0 bridgehead atoms. The number of nitrogens with two attached hydrogens (primary N) is 1. The first-order chi connectivity index (χ1) is 9.60. The number of amidine groups is 1. The van der Waals surface area contributed by atoms with Crippen LogP contribution in [0.4, 0.5) is 4.39 Å².